The van der Waals surface area contributed by atoms with E-state index in [0.717, 1.165) is 27.6 Å². The number of hydrogen-bond donors (Lipinski definition) is 0. The van der Waals surface area contributed by atoms with Crippen LogP contribution in [0.5, 0.6) is 0 Å². The highest BCUT2D eigenvalue weighted by molar-refractivity contribution is 7.98. The van der Waals surface area contributed by atoms with Gasteiger partial charge in [-0.05, 0) is 24.3 Å². The van der Waals surface area contributed by atoms with Crippen molar-refractivity contribution >= 4 is 45.4 Å². The minimum Gasteiger partial charge on any atom is -0.431 e. The van der Waals surface area contributed by atoms with Gasteiger partial charge in [0.1, 0.15) is 10.7 Å². The Bertz CT molecular complexity index is 934. The number of nitrogens with zero attached hydrogens (tertiary/aromatic N) is 2. The molecule has 0 aliphatic rings. The monoisotopic (exact) mass is 326 g/mol. The molecule has 2 aromatic heterocycles. The summed E-state index contributed by atoms with van der Waals surface area (Å²) >= 11 is 7.79. The molecule has 0 unspecified atom stereocenters. The number of hydrogen-bond acceptors (Lipinski definition) is 4. The normalized spacial score (nSPS) is 11.3. The fraction of sp³-hybridized carbons (Fsp3) is 0.0588. The second kappa shape index (κ2) is 5.63. The molecule has 2 aromatic carbocycles. The maximum atomic E-state index is 6.27. The van der Waals surface area contributed by atoms with Crippen molar-refractivity contribution in [1.29, 1.82) is 0 Å². The van der Waals surface area contributed by atoms with Gasteiger partial charge in [0.15, 0.2) is 5.58 Å². The number of pyridine rings is 1. The minimum absolute atomic E-state index is 0.530. The summed E-state index contributed by atoms with van der Waals surface area (Å²) in [5, 5.41) is 2.26. The van der Waals surface area contributed by atoms with E-state index >= 15 is 0 Å². The Balaban J connectivity index is 1.61. The van der Waals surface area contributed by atoms with Crippen LogP contribution in [0.4, 0.5) is 0 Å². The number of halogens is 1. The van der Waals surface area contributed by atoms with Crippen LogP contribution in [0.15, 0.2) is 64.2 Å². The number of benzene rings is 2. The lowest BCUT2D eigenvalue weighted by atomic mass is 10.2. The van der Waals surface area contributed by atoms with Gasteiger partial charge in [0.2, 0.25) is 0 Å². The van der Waals surface area contributed by atoms with Crippen molar-refractivity contribution in [2.75, 3.05) is 0 Å². The first-order chi connectivity index (χ1) is 10.8. The van der Waals surface area contributed by atoms with E-state index in [1.807, 2.05) is 48.5 Å². The lowest BCUT2D eigenvalue weighted by Crippen LogP contribution is -1.88. The second-order valence-electron chi connectivity index (χ2n) is 4.87. The van der Waals surface area contributed by atoms with E-state index < -0.39 is 0 Å². The molecule has 0 spiro atoms. The quantitative estimate of drug-likeness (QED) is 0.377. The number of oxazole rings is 1. The lowest BCUT2D eigenvalue weighted by molar-refractivity contribution is 0.489. The smallest absolute Gasteiger partial charge is 0.257 e. The van der Waals surface area contributed by atoms with Crippen molar-refractivity contribution in [2.45, 2.75) is 11.0 Å². The molecule has 0 atom stereocenters. The number of para-hydroxylation sites is 3. The van der Waals surface area contributed by atoms with Crippen LogP contribution in [0, 0.1) is 0 Å². The van der Waals surface area contributed by atoms with Crippen molar-refractivity contribution in [3.8, 4) is 0 Å². The lowest BCUT2D eigenvalue weighted by Gasteiger charge is -2.04. The van der Waals surface area contributed by atoms with E-state index in [1.165, 1.54) is 11.8 Å². The molecule has 3 nitrogen and oxygen atoms in total. The zero-order chi connectivity index (χ0) is 14.9. The molecule has 22 heavy (non-hydrogen) atoms. The third-order valence-corrected chi connectivity index (χ3v) is 4.58. The van der Waals surface area contributed by atoms with Gasteiger partial charge in [-0.25, -0.2) is 9.97 Å². The number of fused-ring (bicyclic) bond motifs is 2. The summed E-state index contributed by atoms with van der Waals surface area (Å²) in [6, 6.07) is 17.7. The SMILES string of the molecule is Clc1nc2ccccc2cc1CSc1nc2ccccc2o1. The molecule has 108 valence electrons. The van der Waals surface area contributed by atoms with Crippen molar-refractivity contribution in [1.82, 2.24) is 9.97 Å². The molecule has 0 saturated heterocycles. The Morgan fingerprint density at radius 2 is 1.73 bits per heavy atom. The first kappa shape index (κ1) is 13.6. The summed E-state index contributed by atoms with van der Waals surface area (Å²) in [6.07, 6.45) is 0. The van der Waals surface area contributed by atoms with Crippen LogP contribution in [0.2, 0.25) is 5.15 Å². The Morgan fingerprint density at radius 3 is 2.59 bits per heavy atom. The van der Waals surface area contributed by atoms with Crippen molar-refractivity contribution < 1.29 is 4.42 Å². The number of rotatable bonds is 3. The van der Waals surface area contributed by atoms with Crippen LogP contribution in [-0.2, 0) is 5.75 Å². The Kier molecular flexibility index (Phi) is 3.48. The van der Waals surface area contributed by atoms with Crippen LogP contribution in [0.1, 0.15) is 5.56 Å². The molecule has 0 N–H and O–H groups in total. The topological polar surface area (TPSA) is 38.9 Å². The third-order valence-electron chi connectivity index (χ3n) is 3.38. The first-order valence-electron chi connectivity index (χ1n) is 6.82. The zero-order valence-corrected chi connectivity index (χ0v) is 13.1. The predicted molar refractivity (Wildman–Crippen MR) is 90.3 cm³/mol. The number of thioether (sulfide) groups is 1. The van der Waals surface area contributed by atoms with E-state index in [-0.39, 0.29) is 0 Å². The van der Waals surface area contributed by atoms with Crippen LogP contribution < -0.4 is 0 Å². The van der Waals surface area contributed by atoms with E-state index in [0.29, 0.717) is 16.1 Å². The zero-order valence-electron chi connectivity index (χ0n) is 11.5. The Labute approximate surface area is 136 Å². The maximum Gasteiger partial charge on any atom is 0.257 e. The standard InChI is InChI=1S/C17H11ClN2OS/c18-16-12(9-11-5-1-2-6-13(11)19-16)10-22-17-20-14-7-3-4-8-15(14)21-17/h1-9H,10H2. The summed E-state index contributed by atoms with van der Waals surface area (Å²) in [7, 11) is 0. The maximum absolute atomic E-state index is 6.27. The summed E-state index contributed by atoms with van der Waals surface area (Å²) < 4.78 is 5.71. The second-order valence-corrected chi connectivity index (χ2v) is 6.15. The predicted octanol–water partition coefficient (Wildman–Crippen LogP) is 5.32. The van der Waals surface area contributed by atoms with Gasteiger partial charge >= 0.3 is 0 Å². The van der Waals surface area contributed by atoms with E-state index in [1.54, 1.807) is 0 Å². The fourth-order valence-electron chi connectivity index (χ4n) is 2.29. The highest BCUT2D eigenvalue weighted by atomic mass is 35.5. The van der Waals surface area contributed by atoms with Crippen molar-refractivity contribution in [3.63, 3.8) is 0 Å². The average Bonchev–Trinajstić information content (AvgIpc) is 2.95. The summed E-state index contributed by atoms with van der Waals surface area (Å²) in [5.41, 5.74) is 3.55. The Morgan fingerprint density at radius 1 is 0.955 bits per heavy atom. The van der Waals surface area contributed by atoms with E-state index in [2.05, 4.69) is 16.0 Å². The van der Waals surface area contributed by atoms with Gasteiger partial charge in [-0.15, -0.1) is 0 Å². The molecular weight excluding hydrogens is 316 g/mol. The summed E-state index contributed by atoms with van der Waals surface area (Å²) in [4.78, 5) is 8.88. The molecule has 4 rings (SSSR count). The molecule has 0 fully saturated rings. The molecule has 0 aliphatic heterocycles. The van der Waals surface area contributed by atoms with Gasteiger partial charge in [0, 0.05) is 16.7 Å². The Hall–Kier alpha value is -2.04. The van der Waals surface area contributed by atoms with Crippen LogP contribution in [-0.4, -0.2) is 9.97 Å². The van der Waals surface area contributed by atoms with Crippen LogP contribution in [0.3, 0.4) is 0 Å². The van der Waals surface area contributed by atoms with Gasteiger partial charge in [0.05, 0.1) is 5.52 Å². The molecule has 4 aromatic rings. The average molecular weight is 327 g/mol. The van der Waals surface area contributed by atoms with Gasteiger partial charge in [-0.2, -0.15) is 0 Å². The van der Waals surface area contributed by atoms with Gasteiger partial charge in [-0.1, -0.05) is 53.7 Å². The molecule has 0 amide bonds. The van der Waals surface area contributed by atoms with Crippen molar-refractivity contribution in [3.05, 3.63) is 65.3 Å². The molecule has 2 heterocycles. The fourth-order valence-corrected chi connectivity index (χ4v) is 3.39. The van der Waals surface area contributed by atoms with Crippen LogP contribution >= 0.6 is 23.4 Å². The highest BCUT2D eigenvalue weighted by Crippen LogP contribution is 2.29. The largest absolute Gasteiger partial charge is 0.431 e. The van der Waals surface area contributed by atoms with Gasteiger partial charge in [0.25, 0.3) is 5.22 Å². The molecule has 0 saturated carbocycles. The van der Waals surface area contributed by atoms with E-state index in [9.17, 15) is 0 Å². The third kappa shape index (κ3) is 2.56. The van der Waals surface area contributed by atoms with Crippen molar-refractivity contribution in [2.24, 2.45) is 0 Å². The minimum atomic E-state index is 0.530. The first-order valence-corrected chi connectivity index (χ1v) is 8.18. The molecule has 0 aliphatic carbocycles. The van der Waals surface area contributed by atoms with Gasteiger partial charge in [-0.3, -0.25) is 0 Å². The summed E-state index contributed by atoms with van der Waals surface area (Å²) in [5.74, 6) is 0.670. The van der Waals surface area contributed by atoms with Crippen LogP contribution in [0.25, 0.3) is 22.0 Å². The van der Waals surface area contributed by atoms with E-state index in [4.69, 9.17) is 16.0 Å². The molecule has 5 heteroatoms. The molecule has 0 bridgehead atoms. The van der Waals surface area contributed by atoms with Gasteiger partial charge < -0.3 is 4.42 Å². The number of aromatic nitrogens is 2. The molecular formula is C17H11ClN2OS. The summed E-state index contributed by atoms with van der Waals surface area (Å²) in [6.45, 7) is 0. The highest BCUT2D eigenvalue weighted by Gasteiger charge is 2.09. The molecule has 0 radical (unpaired) electrons.